The first kappa shape index (κ1) is 24.0. The van der Waals surface area contributed by atoms with Crippen LogP contribution in [-0.4, -0.2) is 36.8 Å². The number of hydrogen-bond acceptors (Lipinski definition) is 4. The van der Waals surface area contributed by atoms with E-state index >= 15 is 0 Å². The Kier molecular flexibility index (Phi) is 7.29. The van der Waals surface area contributed by atoms with Gasteiger partial charge in [0.2, 0.25) is 0 Å². The van der Waals surface area contributed by atoms with Crippen molar-refractivity contribution >= 4 is 17.9 Å². The van der Waals surface area contributed by atoms with Gasteiger partial charge in [0, 0.05) is 23.8 Å². The third kappa shape index (κ3) is 5.69. The molecule has 33 heavy (non-hydrogen) atoms. The van der Waals surface area contributed by atoms with Crippen LogP contribution in [0.4, 0.5) is 8.78 Å². The lowest BCUT2D eigenvalue weighted by Gasteiger charge is -2.41. The Labute approximate surface area is 199 Å². The van der Waals surface area contributed by atoms with Gasteiger partial charge in [-0.25, -0.2) is 8.78 Å². The summed E-state index contributed by atoms with van der Waals surface area (Å²) in [5, 5.41) is 0. The molecule has 1 saturated carbocycles. The number of benzene rings is 2. The van der Waals surface area contributed by atoms with Crippen molar-refractivity contribution in [3.05, 3.63) is 64.7 Å². The Hall–Kier alpha value is -2.12. The zero-order valence-corrected chi connectivity index (χ0v) is 20.3. The second kappa shape index (κ2) is 10.0. The number of likely N-dealkylation sites (tertiary alicyclic amines) is 1. The van der Waals surface area contributed by atoms with Crippen molar-refractivity contribution < 1.29 is 18.3 Å². The normalized spacial score (nSPS) is 19.2. The molecule has 1 N–H and O–H groups in total. The van der Waals surface area contributed by atoms with Crippen molar-refractivity contribution in [2.45, 2.75) is 51.5 Å². The van der Waals surface area contributed by atoms with Gasteiger partial charge >= 0.3 is 0 Å². The molecule has 2 aromatic rings. The first-order chi connectivity index (χ1) is 15.8. The highest BCUT2D eigenvalue weighted by Gasteiger charge is 2.34. The molecule has 1 aliphatic carbocycles. The van der Waals surface area contributed by atoms with Gasteiger partial charge in [-0.1, -0.05) is 31.0 Å². The predicted octanol–water partition coefficient (Wildman–Crippen LogP) is 6.09. The Morgan fingerprint density at radius 2 is 1.97 bits per heavy atom. The second-order valence-electron chi connectivity index (χ2n) is 9.65. The summed E-state index contributed by atoms with van der Waals surface area (Å²) < 4.78 is 37.1. The SMILES string of the molecule is CSNC(=O)c1cc(C2CC2)c(OCC2(C)CCN(C(C)c3cccc(F)c3)CC2)cc1F. The minimum absolute atomic E-state index is 0.0235. The third-order valence-electron chi connectivity index (χ3n) is 7.02. The fraction of sp³-hybridized carbons (Fsp3) is 0.500. The minimum Gasteiger partial charge on any atom is -0.493 e. The molecule has 0 radical (unpaired) electrons. The van der Waals surface area contributed by atoms with Crippen LogP contribution in [0.3, 0.4) is 0 Å². The van der Waals surface area contributed by atoms with Crippen LogP contribution in [0.15, 0.2) is 36.4 Å². The van der Waals surface area contributed by atoms with Gasteiger partial charge in [-0.3, -0.25) is 14.4 Å². The van der Waals surface area contributed by atoms with Crippen LogP contribution in [0.1, 0.15) is 73.0 Å². The average molecular weight is 475 g/mol. The second-order valence-corrected chi connectivity index (χ2v) is 10.3. The van der Waals surface area contributed by atoms with E-state index in [1.54, 1.807) is 24.5 Å². The summed E-state index contributed by atoms with van der Waals surface area (Å²) in [5.41, 5.74) is 1.97. The summed E-state index contributed by atoms with van der Waals surface area (Å²) in [6.07, 6.45) is 5.70. The summed E-state index contributed by atoms with van der Waals surface area (Å²) in [6.45, 7) is 6.63. The van der Waals surface area contributed by atoms with Crippen LogP contribution >= 0.6 is 11.9 Å². The predicted molar refractivity (Wildman–Crippen MR) is 129 cm³/mol. The Bertz CT molecular complexity index is 1000. The van der Waals surface area contributed by atoms with Gasteiger partial charge in [-0.2, -0.15) is 0 Å². The quantitative estimate of drug-likeness (QED) is 0.470. The molecule has 1 atom stereocenters. The highest BCUT2D eigenvalue weighted by molar-refractivity contribution is 7.97. The lowest BCUT2D eigenvalue weighted by atomic mass is 9.80. The summed E-state index contributed by atoms with van der Waals surface area (Å²) in [5.74, 6) is -0.272. The molecule has 4 rings (SSSR count). The lowest BCUT2D eigenvalue weighted by molar-refractivity contribution is 0.0509. The van der Waals surface area contributed by atoms with Crippen LogP contribution < -0.4 is 9.46 Å². The summed E-state index contributed by atoms with van der Waals surface area (Å²) in [7, 11) is 0. The van der Waals surface area contributed by atoms with E-state index in [-0.39, 0.29) is 22.8 Å². The largest absolute Gasteiger partial charge is 0.493 e. The fourth-order valence-electron chi connectivity index (χ4n) is 4.56. The van der Waals surface area contributed by atoms with E-state index in [0.29, 0.717) is 18.3 Å². The van der Waals surface area contributed by atoms with E-state index in [1.165, 1.54) is 12.1 Å². The maximum absolute atomic E-state index is 14.7. The van der Waals surface area contributed by atoms with E-state index < -0.39 is 11.7 Å². The Morgan fingerprint density at radius 3 is 2.61 bits per heavy atom. The van der Waals surface area contributed by atoms with E-state index in [9.17, 15) is 13.6 Å². The first-order valence-corrected chi connectivity index (χ1v) is 12.8. The zero-order chi connectivity index (χ0) is 23.6. The summed E-state index contributed by atoms with van der Waals surface area (Å²) >= 11 is 1.16. The maximum Gasteiger partial charge on any atom is 0.264 e. The monoisotopic (exact) mass is 474 g/mol. The fourth-order valence-corrected chi connectivity index (χ4v) is 4.85. The number of carbonyl (C=O) groups is 1. The lowest BCUT2D eigenvalue weighted by Crippen LogP contribution is -2.42. The number of hydrogen-bond donors (Lipinski definition) is 1. The van der Waals surface area contributed by atoms with Crippen LogP contribution in [0, 0.1) is 17.0 Å². The number of rotatable bonds is 8. The third-order valence-corrected chi connectivity index (χ3v) is 7.41. The Balaban J connectivity index is 1.40. The minimum atomic E-state index is -0.551. The smallest absolute Gasteiger partial charge is 0.264 e. The van der Waals surface area contributed by atoms with E-state index in [1.807, 2.05) is 6.07 Å². The molecular formula is C26H32F2N2O2S. The zero-order valence-electron chi connectivity index (χ0n) is 19.5. The first-order valence-electron chi connectivity index (χ1n) is 11.6. The van der Waals surface area contributed by atoms with Crippen molar-refractivity contribution in [1.29, 1.82) is 0 Å². The molecule has 0 aromatic heterocycles. The van der Waals surface area contributed by atoms with Gasteiger partial charge in [-0.15, -0.1) is 0 Å². The Morgan fingerprint density at radius 1 is 1.24 bits per heavy atom. The number of piperidine rings is 1. The van der Waals surface area contributed by atoms with Crippen molar-refractivity contribution in [1.82, 2.24) is 9.62 Å². The molecular weight excluding hydrogens is 442 g/mol. The maximum atomic E-state index is 14.7. The van der Waals surface area contributed by atoms with Gasteiger partial charge in [0.05, 0.1) is 12.2 Å². The summed E-state index contributed by atoms with van der Waals surface area (Å²) in [6, 6.07) is 10.0. The highest BCUT2D eigenvalue weighted by atomic mass is 32.2. The number of carbonyl (C=O) groups excluding carboxylic acids is 1. The van der Waals surface area contributed by atoms with E-state index in [2.05, 4.69) is 23.5 Å². The molecule has 0 bridgehead atoms. The topological polar surface area (TPSA) is 41.6 Å². The molecule has 1 heterocycles. The van der Waals surface area contributed by atoms with Crippen molar-refractivity contribution in [3.8, 4) is 5.75 Å². The highest BCUT2D eigenvalue weighted by Crippen LogP contribution is 2.46. The molecule has 178 valence electrons. The molecule has 4 nitrogen and oxygen atoms in total. The number of ether oxygens (including phenoxy) is 1. The van der Waals surface area contributed by atoms with Gasteiger partial charge in [0.1, 0.15) is 17.4 Å². The molecule has 1 saturated heterocycles. The number of nitrogens with zero attached hydrogens (tertiary/aromatic N) is 1. The van der Waals surface area contributed by atoms with E-state index in [0.717, 1.165) is 61.8 Å². The molecule has 0 spiro atoms. The average Bonchev–Trinajstić information content (AvgIpc) is 3.63. The number of nitrogens with one attached hydrogen (secondary N) is 1. The van der Waals surface area contributed by atoms with Gasteiger partial charge in [0.15, 0.2) is 0 Å². The van der Waals surface area contributed by atoms with Crippen LogP contribution in [0.2, 0.25) is 0 Å². The molecule has 1 unspecified atom stereocenters. The standard InChI is InChI=1S/C26H32F2N2O2S/c1-17(19-5-4-6-20(27)13-19)30-11-9-26(2,10-12-30)16-32-24-15-23(28)22(25(31)29-33-3)14-21(24)18-7-8-18/h4-6,13-15,17-18H,7-12,16H2,1-3H3,(H,29,31). The van der Waals surface area contributed by atoms with Crippen molar-refractivity contribution in [2.24, 2.45) is 5.41 Å². The van der Waals surface area contributed by atoms with Crippen molar-refractivity contribution in [2.75, 3.05) is 26.0 Å². The molecule has 2 fully saturated rings. The molecule has 7 heteroatoms. The van der Waals surface area contributed by atoms with Crippen molar-refractivity contribution in [3.63, 3.8) is 0 Å². The molecule has 2 aliphatic rings. The van der Waals surface area contributed by atoms with Crippen LogP contribution in [0.5, 0.6) is 5.75 Å². The van der Waals surface area contributed by atoms with Crippen LogP contribution in [0.25, 0.3) is 0 Å². The van der Waals surface area contributed by atoms with Gasteiger partial charge in [0.25, 0.3) is 5.91 Å². The van der Waals surface area contributed by atoms with E-state index in [4.69, 9.17) is 4.74 Å². The number of amides is 1. The van der Waals surface area contributed by atoms with Crippen LogP contribution in [-0.2, 0) is 0 Å². The van der Waals surface area contributed by atoms with Gasteiger partial charge in [-0.05, 0) is 80.9 Å². The molecule has 2 aromatic carbocycles. The van der Waals surface area contributed by atoms with Gasteiger partial charge < -0.3 is 4.74 Å². The molecule has 1 amide bonds. The summed E-state index contributed by atoms with van der Waals surface area (Å²) in [4.78, 5) is 14.6. The number of halogens is 2. The molecule has 1 aliphatic heterocycles.